The lowest BCUT2D eigenvalue weighted by Gasteiger charge is -2.20. The number of hydrogen-bond acceptors (Lipinski definition) is 5. The first kappa shape index (κ1) is 22.1. The Morgan fingerprint density at radius 2 is 1.61 bits per heavy atom. The average molecular weight is 428 g/mol. The summed E-state index contributed by atoms with van der Waals surface area (Å²) in [5.41, 5.74) is 0.911. The van der Waals surface area contributed by atoms with Gasteiger partial charge in [-0.25, -0.2) is 13.2 Å². The van der Waals surface area contributed by atoms with Gasteiger partial charge in [0.15, 0.2) is 0 Å². The maximum absolute atomic E-state index is 12.2. The molecule has 0 spiro atoms. The molecular weight excluding hydrogens is 407 g/mol. The molecule has 0 aliphatic carbocycles. The van der Waals surface area contributed by atoms with Crippen molar-refractivity contribution in [3.8, 4) is 0 Å². The van der Waals surface area contributed by atoms with Gasteiger partial charge in [-0.15, -0.1) is 0 Å². The smallest absolute Gasteiger partial charge is 0.407 e. The molecule has 0 aromatic heterocycles. The third-order valence-electron chi connectivity index (χ3n) is 3.60. The van der Waals surface area contributed by atoms with Crippen LogP contribution in [-0.4, -0.2) is 36.6 Å². The standard InChI is InChI=1S/C17H21N2O7PS/c20-17(26-13-14-7-3-1-4-8-14)18-11-12-28(24,25)19-16(27(21,22)23)15-9-5-2-6-10-15/h1-10,16,19H,11-13H2,(H,18,20)(H2,21,22,23). The Kier molecular flexibility index (Phi) is 7.73. The Bertz CT molecular complexity index is 917. The van der Waals surface area contributed by atoms with Gasteiger partial charge in [-0.3, -0.25) is 4.57 Å². The highest BCUT2D eigenvalue weighted by atomic mass is 32.2. The molecule has 0 radical (unpaired) electrons. The summed E-state index contributed by atoms with van der Waals surface area (Å²) in [6.07, 6.45) is -0.798. The lowest BCUT2D eigenvalue weighted by Crippen LogP contribution is -2.36. The van der Waals surface area contributed by atoms with Crippen molar-refractivity contribution < 1.29 is 32.3 Å². The number of amides is 1. The van der Waals surface area contributed by atoms with Crippen LogP contribution in [0, 0.1) is 0 Å². The zero-order valence-electron chi connectivity index (χ0n) is 14.8. The summed E-state index contributed by atoms with van der Waals surface area (Å²) >= 11 is 0. The van der Waals surface area contributed by atoms with Gasteiger partial charge in [0.25, 0.3) is 0 Å². The molecule has 28 heavy (non-hydrogen) atoms. The van der Waals surface area contributed by atoms with Crippen molar-refractivity contribution in [2.45, 2.75) is 12.4 Å². The number of carbonyl (C=O) groups is 1. The topological polar surface area (TPSA) is 142 Å². The number of benzene rings is 2. The molecule has 0 fully saturated rings. The van der Waals surface area contributed by atoms with Gasteiger partial charge >= 0.3 is 13.7 Å². The monoisotopic (exact) mass is 428 g/mol. The van der Waals surface area contributed by atoms with Crippen molar-refractivity contribution in [2.24, 2.45) is 0 Å². The van der Waals surface area contributed by atoms with E-state index in [1.54, 1.807) is 30.3 Å². The minimum Gasteiger partial charge on any atom is -0.445 e. The maximum atomic E-state index is 12.2. The van der Waals surface area contributed by atoms with E-state index >= 15 is 0 Å². The first-order chi connectivity index (χ1) is 13.2. The largest absolute Gasteiger partial charge is 0.445 e. The number of alkyl carbamates (subject to hydrolysis) is 1. The van der Waals surface area contributed by atoms with Crippen LogP contribution >= 0.6 is 7.60 Å². The van der Waals surface area contributed by atoms with E-state index < -0.39 is 35.2 Å². The van der Waals surface area contributed by atoms with E-state index in [1.807, 2.05) is 10.8 Å². The second-order valence-electron chi connectivity index (χ2n) is 5.83. The van der Waals surface area contributed by atoms with Gasteiger partial charge < -0.3 is 19.8 Å². The summed E-state index contributed by atoms with van der Waals surface area (Å²) in [6.45, 7) is -0.252. The first-order valence-corrected chi connectivity index (χ1v) is 11.6. The maximum Gasteiger partial charge on any atom is 0.407 e. The minimum absolute atomic E-state index is 0.0337. The number of nitrogens with one attached hydrogen (secondary N) is 2. The summed E-state index contributed by atoms with van der Waals surface area (Å²) in [6, 6.07) is 16.5. The normalized spacial score (nSPS) is 12.9. The lowest BCUT2D eigenvalue weighted by molar-refractivity contribution is 0.140. The van der Waals surface area contributed by atoms with Crippen molar-refractivity contribution >= 4 is 23.7 Å². The van der Waals surface area contributed by atoms with Crippen molar-refractivity contribution in [3.05, 3.63) is 71.8 Å². The summed E-state index contributed by atoms with van der Waals surface area (Å²) < 4.78 is 43.0. The molecule has 1 atom stereocenters. The number of hydrogen-bond donors (Lipinski definition) is 4. The second-order valence-corrected chi connectivity index (χ2v) is 9.40. The third kappa shape index (κ3) is 7.41. The molecule has 0 saturated carbocycles. The SMILES string of the molecule is O=C(NCCS(=O)(=O)NC(c1ccccc1)P(=O)(O)O)OCc1ccccc1. The number of carbonyl (C=O) groups excluding carboxylic acids is 1. The molecule has 4 N–H and O–H groups in total. The second kappa shape index (κ2) is 9.81. The van der Waals surface area contributed by atoms with E-state index in [-0.39, 0.29) is 18.7 Å². The minimum atomic E-state index is -4.79. The van der Waals surface area contributed by atoms with Gasteiger partial charge in [-0.1, -0.05) is 60.7 Å². The molecule has 152 valence electrons. The number of rotatable bonds is 9. The molecule has 2 aromatic carbocycles. The van der Waals surface area contributed by atoms with Crippen LogP contribution in [0.25, 0.3) is 0 Å². The fourth-order valence-corrected chi connectivity index (χ4v) is 4.81. The highest BCUT2D eigenvalue weighted by Crippen LogP contribution is 2.50. The summed E-state index contributed by atoms with van der Waals surface area (Å²) in [4.78, 5) is 30.6. The van der Waals surface area contributed by atoms with E-state index in [9.17, 15) is 27.6 Å². The predicted octanol–water partition coefficient (Wildman–Crippen LogP) is 1.71. The molecule has 0 heterocycles. The molecule has 0 aliphatic heterocycles. The summed E-state index contributed by atoms with van der Waals surface area (Å²) in [5.74, 6) is -2.28. The molecule has 0 aliphatic rings. The van der Waals surface area contributed by atoms with E-state index in [4.69, 9.17) is 4.74 Å². The third-order valence-corrected chi connectivity index (χ3v) is 6.21. The van der Waals surface area contributed by atoms with Crippen LogP contribution in [0.1, 0.15) is 16.9 Å². The van der Waals surface area contributed by atoms with Crippen LogP contribution in [0.5, 0.6) is 0 Å². The molecule has 1 unspecified atom stereocenters. The van der Waals surface area contributed by atoms with Crippen molar-refractivity contribution in [1.29, 1.82) is 0 Å². The lowest BCUT2D eigenvalue weighted by atomic mass is 10.2. The van der Waals surface area contributed by atoms with Crippen LogP contribution < -0.4 is 10.0 Å². The quantitative estimate of drug-likeness (QED) is 0.445. The van der Waals surface area contributed by atoms with E-state index in [0.29, 0.717) is 0 Å². The van der Waals surface area contributed by atoms with E-state index in [0.717, 1.165) is 5.56 Å². The Labute approximate surface area is 163 Å². The molecule has 11 heteroatoms. The van der Waals surface area contributed by atoms with Crippen LogP contribution in [0.3, 0.4) is 0 Å². The fourth-order valence-electron chi connectivity index (χ4n) is 2.26. The number of sulfonamides is 1. The van der Waals surface area contributed by atoms with E-state index in [2.05, 4.69) is 5.32 Å². The van der Waals surface area contributed by atoms with E-state index in [1.165, 1.54) is 24.3 Å². The highest BCUT2D eigenvalue weighted by Gasteiger charge is 2.34. The summed E-state index contributed by atoms with van der Waals surface area (Å²) in [5, 5.41) is 2.29. The van der Waals surface area contributed by atoms with Crippen LogP contribution in [0.4, 0.5) is 4.79 Å². The highest BCUT2D eigenvalue weighted by molar-refractivity contribution is 7.89. The molecule has 2 aromatic rings. The van der Waals surface area contributed by atoms with Gasteiger partial charge in [0, 0.05) is 6.54 Å². The van der Waals surface area contributed by atoms with Gasteiger partial charge in [-0.2, -0.15) is 4.72 Å². The Morgan fingerprint density at radius 1 is 1.04 bits per heavy atom. The molecule has 0 bridgehead atoms. The first-order valence-electron chi connectivity index (χ1n) is 8.22. The van der Waals surface area contributed by atoms with Gasteiger partial charge in [0.2, 0.25) is 10.0 Å². The van der Waals surface area contributed by atoms with Gasteiger partial charge in [0.05, 0.1) is 5.75 Å². The van der Waals surface area contributed by atoms with Crippen molar-refractivity contribution in [2.75, 3.05) is 12.3 Å². The zero-order valence-corrected chi connectivity index (χ0v) is 16.5. The van der Waals surface area contributed by atoms with Crippen LogP contribution in [0.2, 0.25) is 0 Å². The fraction of sp³-hybridized carbons (Fsp3) is 0.235. The molecule has 2 rings (SSSR count). The summed E-state index contributed by atoms with van der Waals surface area (Å²) in [7, 11) is -8.88. The van der Waals surface area contributed by atoms with Crippen molar-refractivity contribution in [3.63, 3.8) is 0 Å². The van der Waals surface area contributed by atoms with Crippen LogP contribution in [-0.2, 0) is 25.9 Å². The molecule has 0 saturated heterocycles. The van der Waals surface area contributed by atoms with Gasteiger partial charge in [-0.05, 0) is 11.1 Å². The van der Waals surface area contributed by atoms with Gasteiger partial charge in [0.1, 0.15) is 12.4 Å². The molecule has 9 nitrogen and oxygen atoms in total. The number of ether oxygens (including phenoxy) is 1. The van der Waals surface area contributed by atoms with Crippen molar-refractivity contribution in [1.82, 2.24) is 10.0 Å². The average Bonchev–Trinajstić information content (AvgIpc) is 2.65. The Morgan fingerprint density at radius 3 is 2.18 bits per heavy atom. The molecule has 1 amide bonds. The zero-order chi connectivity index (χ0) is 20.6. The Balaban J connectivity index is 1.86. The predicted molar refractivity (Wildman–Crippen MR) is 103 cm³/mol. The Hall–Kier alpha value is -2.23. The van der Waals surface area contributed by atoms with Crippen LogP contribution in [0.15, 0.2) is 60.7 Å². The molecular formula is C17H21N2O7PS.